The van der Waals surface area contributed by atoms with Crippen LogP contribution < -0.4 is 4.74 Å². The van der Waals surface area contributed by atoms with Gasteiger partial charge in [0.2, 0.25) is 0 Å². The zero-order valence-electron chi connectivity index (χ0n) is 7.75. The Labute approximate surface area is 83.1 Å². The summed E-state index contributed by atoms with van der Waals surface area (Å²) in [6, 6.07) is 5.52. The van der Waals surface area contributed by atoms with Gasteiger partial charge in [-0.05, 0) is 17.7 Å². The largest absolute Gasteiger partial charge is 0.495 e. The van der Waals surface area contributed by atoms with Crippen LogP contribution in [0.3, 0.4) is 0 Å². The smallest absolute Gasteiger partial charge is 0.137 e. The monoisotopic (exact) mass is 200 g/mol. The summed E-state index contributed by atoms with van der Waals surface area (Å²) in [6.07, 6.45) is 0. The molecular formula is C10H13ClO2. The molecule has 1 unspecified atom stereocenters. The first-order chi connectivity index (χ1) is 6.19. The van der Waals surface area contributed by atoms with Crippen LogP contribution in [0.2, 0.25) is 5.02 Å². The van der Waals surface area contributed by atoms with Gasteiger partial charge in [0.15, 0.2) is 0 Å². The van der Waals surface area contributed by atoms with Crippen LogP contribution in [0, 0.1) is 0 Å². The van der Waals surface area contributed by atoms with Crippen LogP contribution in [0.1, 0.15) is 18.4 Å². The normalized spacial score (nSPS) is 12.6. The second-order valence-electron chi connectivity index (χ2n) is 2.98. The first kappa shape index (κ1) is 10.4. The summed E-state index contributed by atoms with van der Waals surface area (Å²) in [5, 5.41) is 9.54. The fraction of sp³-hybridized carbons (Fsp3) is 0.400. The predicted octanol–water partition coefficient (Wildman–Crippen LogP) is 2.44. The molecule has 72 valence electrons. The van der Waals surface area contributed by atoms with Gasteiger partial charge in [-0.2, -0.15) is 0 Å². The fourth-order valence-corrected chi connectivity index (χ4v) is 1.28. The molecule has 0 aliphatic carbocycles. The summed E-state index contributed by atoms with van der Waals surface area (Å²) in [5.74, 6) is 0.769. The first-order valence-electron chi connectivity index (χ1n) is 4.13. The number of methoxy groups -OCH3 is 1. The first-order valence-corrected chi connectivity index (χ1v) is 4.51. The van der Waals surface area contributed by atoms with E-state index in [-0.39, 0.29) is 12.5 Å². The second kappa shape index (κ2) is 4.49. The summed E-state index contributed by atoms with van der Waals surface area (Å²) >= 11 is 5.86. The maximum Gasteiger partial charge on any atom is 0.137 e. The molecule has 0 aromatic heterocycles. The third kappa shape index (κ3) is 2.36. The molecule has 0 heterocycles. The Kier molecular flexibility index (Phi) is 3.58. The zero-order chi connectivity index (χ0) is 9.84. The molecule has 1 rings (SSSR count). The van der Waals surface area contributed by atoms with Crippen molar-refractivity contribution in [1.82, 2.24) is 0 Å². The Morgan fingerprint density at radius 2 is 2.23 bits per heavy atom. The molecule has 13 heavy (non-hydrogen) atoms. The number of halogens is 1. The van der Waals surface area contributed by atoms with Crippen LogP contribution in [0.15, 0.2) is 18.2 Å². The number of rotatable bonds is 3. The van der Waals surface area contributed by atoms with Gasteiger partial charge in [0, 0.05) is 12.5 Å². The van der Waals surface area contributed by atoms with E-state index >= 15 is 0 Å². The topological polar surface area (TPSA) is 29.5 Å². The summed E-state index contributed by atoms with van der Waals surface area (Å²) < 4.78 is 5.07. The predicted molar refractivity (Wildman–Crippen MR) is 53.5 cm³/mol. The van der Waals surface area contributed by atoms with E-state index in [1.165, 1.54) is 0 Å². The van der Waals surface area contributed by atoms with Gasteiger partial charge in [-0.3, -0.25) is 0 Å². The average Bonchev–Trinajstić information content (AvgIpc) is 2.17. The van der Waals surface area contributed by atoms with Gasteiger partial charge >= 0.3 is 0 Å². The Morgan fingerprint density at radius 3 is 2.77 bits per heavy atom. The summed E-state index contributed by atoms with van der Waals surface area (Å²) in [6.45, 7) is 2.08. The van der Waals surface area contributed by atoms with Crippen molar-refractivity contribution in [2.45, 2.75) is 12.8 Å². The minimum Gasteiger partial charge on any atom is -0.495 e. The van der Waals surface area contributed by atoms with Crippen molar-refractivity contribution in [3.8, 4) is 5.75 Å². The average molecular weight is 201 g/mol. The molecule has 1 aromatic rings. The minimum absolute atomic E-state index is 0.117. The fourth-order valence-electron chi connectivity index (χ4n) is 1.09. The number of hydrogen-bond donors (Lipinski definition) is 1. The number of aliphatic hydroxyl groups excluding tert-OH is 1. The lowest BCUT2D eigenvalue weighted by molar-refractivity contribution is 0.273. The SMILES string of the molecule is COc1cc(C(C)CO)ccc1Cl. The van der Waals surface area contributed by atoms with E-state index in [9.17, 15) is 0 Å². The van der Waals surface area contributed by atoms with Crippen molar-refractivity contribution < 1.29 is 9.84 Å². The molecule has 0 bridgehead atoms. The van der Waals surface area contributed by atoms with Gasteiger partial charge in [-0.25, -0.2) is 0 Å². The maximum absolute atomic E-state index is 8.95. The maximum atomic E-state index is 8.95. The lowest BCUT2D eigenvalue weighted by Gasteiger charge is -2.10. The summed E-state index contributed by atoms with van der Waals surface area (Å²) in [5.41, 5.74) is 1.03. The molecule has 2 nitrogen and oxygen atoms in total. The minimum atomic E-state index is 0.117. The molecule has 1 aromatic carbocycles. The molecule has 0 radical (unpaired) electrons. The van der Waals surface area contributed by atoms with Crippen LogP contribution in [0.5, 0.6) is 5.75 Å². The van der Waals surface area contributed by atoms with Gasteiger partial charge in [-0.15, -0.1) is 0 Å². The van der Waals surface area contributed by atoms with E-state index in [1.807, 2.05) is 19.1 Å². The van der Waals surface area contributed by atoms with Crippen molar-refractivity contribution >= 4 is 11.6 Å². The number of aliphatic hydroxyl groups is 1. The lowest BCUT2D eigenvalue weighted by atomic mass is 10.0. The lowest BCUT2D eigenvalue weighted by Crippen LogP contribution is -1.99. The molecule has 0 aliphatic heterocycles. The van der Waals surface area contributed by atoms with Crippen LogP contribution >= 0.6 is 11.6 Å². The Hall–Kier alpha value is -0.730. The van der Waals surface area contributed by atoms with Crippen molar-refractivity contribution in [3.63, 3.8) is 0 Å². The van der Waals surface area contributed by atoms with Crippen LogP contribution in [-0.4, -0.2) is 18.8 Å². The highest BCUT2D eigenvalue weighted by molar-refractivity contribution is 6.32. The molecule has 0 spiro atoms. The Balaban J connectivity index is 2.99. The van der Waals surface area contributed by atoms with Gasteiger partial charge in [0.05, 0.1) is 12.1 Å². The molecule has 0 amide bonds. The molecule has 0 aliphatic rings. The number of hydrogen-bond acceptors (Lipinski definition) is 2. The highest BCUT2D eigenvalue weighted by Gasteiger charge is 2.07. The summed E-state index contributed by atoms with van der Waals surface area (Å²) in [4.78, 5) is 0. The zero-order valence-corrected chi connectivity index (χ0v) is 8.51. The molecular weight excluding hydrogens is 188 g/mol. The third-order valence-corrected chi connectivity index (χ3v) is 2.33. The highest BCUT2D eigenvalue weighted by atomic mass is 35.5. The van der Waals surface area contributed by atoms with E-state index in [2.05, 4.69) is 0 Å². The molecule has 0 saturated carbocycles. The van der Waals surface area contributed by atoms with E-state index < -0.39 is 0 Å². The van der Waals surface area contributed by atoms with E-state index in [0.717, 1.165) is 5.56 Å². The number of ether oxygens (including phenoxy) is 1. The Bertz CT molecular complexity index is 286. The highest BCUT2D eigenvalue weighted by Crippen LogP contribution is 2.28. The Morgan fingerprint density at radius 1 is 1.54 bits per heavy atom. The molecule has 0 saturated heterocycles. The molecule has 1 N–H and O–H groups in total. The summed E-state index contributed by atoms with van der Waals surface area (Å²) in [7, 11) is 1.58. The quantitative estimate of drug-likeness (QED) is 0.812. The molecule has 3 heteroatoms. The van der Waals surface area contributed by atoms with Gasteiger partial charge in [0.25, 0.3) is 0 Å². The van der Waals surface area contributed by atoms with E-state index in [4.69, 9.17) is 21.4 Å². The van der Waals surface area contributed by atoms with Crippen molar-refractivity contribution in [2.75, 3.05) is 13.7 Å². The standard InChI is InChI=1S/C10H13ClO2/c1-7(6-12)8-3-4-9(11)10(5-8)13-2/h3-5,7,12H,6H2,1-2H3. The van der Waals surface area contributed by atoms with Crippen LogP contribution in [0.25, 0.3) is 0 Å². The van der Waals surface area contributed by atoms with Gasteiger partial charge in [-0.1, -0.05) is 24.6 Å². The van der Waals surface area contributed by atoms with Crippen molar-refractivity contribution in [3.05, 3.63) is 28.8 Å². The van der Waals surface area contributed by atoms with Crippen molar-refractivity contribution in [1.29, 1.82) is 0 Å². The molecule has 1 atom stereocenters. The number of benzene rings is 1. The third-order valence-electron chi connectivity index (χ3n) is 2.02. The van der Waals surface area contributed by atoms with Crippen LogP contribution in [-0.2, 0) is 0 Å². The van der Waals surface area contributed by atoms with Gasteiger partial charge in [0.1, 0.15) is 5.75 Å². The van der Waals surface area contributed by atoms with E-state index in [0.29, 0.717) is 10.8 Å². The molecule has 0 fully saturated rings. The van der Waals surface area contributed by atoms with Crippen molar-refractivity contribution in [2.24, 2.45) is 0 Å². The van der Waals surface area contributed by atoms with Gasteiger partial charge < -0.3 is 9.84 Å². The second-order valence-corrected chi connectivity index (χ2v) is 3.38. The van der Waals surface area contributed by atoms with Crippen LogP contribution in [0.4, 0.5) is 0 Å². The van der Waals surface area contributed by atoms with E-state index in [1.54, 1.807) is 13.2 Å².